The average molecular weight is 276 g/mol. The minimum absolute atomic E-state index is 0.449. The van der Waals surface area contributed by atoms with Crippen LogP contribution in [0.1, 0.15) is 25.3 Å². The number of pyridine rings is 1. The molecule has 106 valence electrons. The molecule has 1 aromatic heterocycles. The summed E-state index contributed by atoms with van der Waals surface area (Å²) in [6, 6.07) is 19.2. The Bertz CT molecular complexity index is 761. The van der Waals surface area contributed by atoms with Crippen LogP contribution in [-0.2, 0) is 0 Å². The van der Waals surface area contributed by atoms with E-state index in [0.717, 1.165) is 11.3 Å². The van der Waals surface area contributed by atoms with Gasteiger partial charge in [0.15, 0.2) is 0 Å². The molecule has 0 aliphatic rings. The first kappa shape index (κ1) is 13.6. The van der Waals surface area contributed by atoms with Crippen molar-refractivity contribution in [3.63, 3.8) is 0 Å². The van der Waals surface area contributed by atoms with E-state index in [-0.39, 0.29) is 0 Å². The molecule has 0 aliphatic heterocycles. The number of fused-ring (bicyclic) bond motifs is 1. The van der Waals surface area contributed by atoms with Gasteiger partial charge >= 0.3 is 0 Å². The maximum Gasteiger partial charge on any atom is 0.129 e. The zero-order valence-electron chi connectivity index (χ0n) is 12.7. The summed E-state index contributed by atoms with van der Waals surface area (Å²) in [4.78, 5) is 4.74. The Kier molecular flexibility index (Phi) is 3.61. The molecular weight excluding hydrogens is 256 g/mol. The lowest BCUT2D eigenvalue weighted by atomic mass is 9.99. The number of rotatable bonds is 3. The fraction of sp³-hybridized carbons (Fsp3) is 0.211. The van der Waals surface area contributed by atoms with Gasteiger partial charge in [-0.2, -0.15) is 0 Å². The molecule has 0 atom stereocenters. The molecule has 2 heteroatoms. The SMILES string of the molecule is CNc1nc2ccc(-c3ccccc3)cc2cc1C(C)C. The lowest BCUT2D eigenvalue weighted by Crippen LogP contribution is -2.00. The fourth-order valence-electron chi connectivity index (χ4n) is 2.64. The number of aromatic nitrogens is 1. The van der Waals surface area contributed by atoms with Crippen molar-refractivity contribution in [3.05, 3.63) is 60.2 Å². The third-order valence-electron chi connectivity index (χ3n) is 3.81. The molecule has 0 bridgehead atoms. The van der Waals surface area contributed by atoms with Crippen LogP contribution in [0.15, 0.2) is 54.6 Å². The second kappa shape index (κ2) is 5.57. The number of anilines is 1. The van der Waals surface area contributed by atoms with Crippen molar-refractivity contribution in [1.29, 1.82) is 0 Å². The van der Waals surface area contributed by atoms with Gasteiger partial charge in [0.2, 0.25) is 0 Å². The lowest BCUT2D eigenvalue weighted by Gasteiger charge is -2.13. The van der Waals surface area contributed by atoms with Crippen molar-refractivity contribution in [2.24, 2.45) is 0 Å². The summed E-state index contributed by atoms with van der Waals surface area (Å²) >= 11 is 0. The van der Waals surface area contributed by atoms with Gasteiger partial charge in [0, 0.05) is 12.4 Å². The topological polar surface area (TPSA) is 24.9 Å². The van der Waals surface area contributed by atoms with Gasteiger partial charge in [-0.05, 0) is 40.8 Å². The first-order valence-electron chi connectivity index (χ1n) is 7.37. The van der Waals surface area contributed by atoms with Crippen LogP contribution in [0.25, 0.3) is 22.0 Å². The van der Waals surface area contributed by atoms with E-state index in [1.54, 1.807) is 0 Å². The second-order valence-electron chi connectivity index (χ2n) is 5.60. The molecule has 1 N–H and O–H groups in total. The van der Waals surface area contributed by atoms with Crippen molar-refractivity contribution >= 4 is 16.7 Å². The Balaban J connectivity index is 2.17. The highest BCUT2D eigenvalue weighted by atomic mass is 15.0. The maximum absolute atomic E-state index is 4.74. The number of hydrogen-bond donors (Lipinski definition) is 1. The summed E-state index contributed by atoms with van der Waals surface area (Å²) in [5.41, 5.74) is 4.76. The first-order chi connectivity index (χ1) is 10.2. The van der Waals surface area contributed by atoms with Crippen LogP contribution in [0, 0.1) is 0 Å². The zero-order chi connectivity index (χ0) is 14.8. The summed E-state index contributed by atoms with van der Waals surface area (Å²) in [5, 5.41) is 4.40. The van der Waals surface area contributed by atoms with Crippen LogP contribution in [0.5, 0.6) is 0 Å². The Morgan fingerprint density at radius 1 is 0.905 bits per heavy atom. The van der Waals surface area contributed by atoms with Crippen LogP contribution in [0.4, 0.5) is 5.82 Å². The highest BCUT2D eigenvalue weighted by Gasteiger charge is 2.09. The van der Waals surface area contributed by atoms with Crippen molar-refractivity contribution in [1.82, 2.24) is 4.98 Å². The fourth-order valence-corrected chi connectivity index (χ4v) is 2.64. The van der Waals surface area contributed by atoms with Gasteiger partial charge in [-0.1, -0.05) is 50.2 Å². The molecule has 0 amide bonds. The van der Waals surface area contributed by atoms with Gasteiger partial charge in [-0.3, -0.25) is 0 Å². The Hall–Kier alpha value is -2.35. The molecule has 0 fully saturated rings. The third-order valence-corrected chi connectivity index (χ3v) is 3.81. The largest absolute Gasteiger partial charge is 0.373 e. The predicted molar refractivity (Wildman–Crippen MR) is 90.8 cm³/mol. The van der Waals surface area contributed by atoms with Crippen LogP contribution in [0.3, 0.4) is 0 Å². The normalized spacial score (nSPS) is 11.0. The zero-order valence-corrected chi connectivity index (χ0v) is 12.7. The minimum Gasteiger partial charge on any atom is -0.373 e. The van der Waals surface area contributed by atoms with Crippen LogP contribution >= 0.6 is 0 Å². The van der Waals surface area contributed by atoms with Gasteiger partial charge in [0.05, 0.1) is 5.52 Å². The monoisotopic (exact) mass is 276 g/mol. The Morgan fingerprint density at radius 2 is 1.67 bits per heavy atom. The smallest absolute Gasteiger partial charge is 0.129 e. The summed E-state index contributed by atoms with van der Waals surface area (Å²) in [6.07, 6.45) is 0. The number of nitrogens with zero attached hydrogens (tertiary/aromatic N) is 1. The van der Waals surface area contributed by atoms with Crippen molar-refractivity contribution in [2.45, 2.75) is 19.8 Å². The molecular formula is C19H20N2. The summed E-state index contributed by atoms with van der Waals surface area (Å²) < 4.78 is 0. The molecule has 21 heavy (non-hydrogen) atoms. The predicted octanol–water partition coefficient (Wildman–Crippen LogP) is 5.07. The minimum atomic E-state index is 0.449. The van der Waals surface area contributed by atoms with E-state index in [1.807, 2.05) is 13.1 Å². The maximum atomic E-state index is 4.74. The van der Waals surface area contributed by atoms with E-state index in [9.17, 15) is 0 Å². The second-order valence-corrected chi connectivity index (χ2v) is 5.60. The van der Waals surface area contributed by atoms with Gasteiger partial charge in [0.1, 0.15) is 5.82 Å². The van der Waals surface area contributed by atoms with Crippen molar-refractivity contribution in [3.8, 4) is 11.1 Å². The Labute approximate surface area is 125 Å². The van der Waals surface area contributed by atoms with E-state index in [1.165, 1.54) is 22.1 Å². The average Bonchev–Trinajstić information content (AvgIpc) is 2.53. The standard InChI is InChI=1S/C19H20N2/c1-13(2)17-12-16-11-15(14-7-5-4-6-8-14)9-10-18(16)21-19(17)20-3/h4-13H,1-3H3,(H,20,21). The van der Waals surface area contributed by atoms with Gasteiger partial charge in [0.25, 0.3) is 0 Å². The molecule has 0 unspecified atom stereocenters. The lowest BCUT2D eigenvalue weighted by molar-refractivity contribution is 0.864. The van der Waals surface area contributed by atoms with Crippen LogP contribution in [0.2, 0.25) is 0 Å². The molecule has 2 aromatic carbocycles. The molecule has 0 aliphatic carbocycles. The van der Waals surface area contributed by atoms with Crippen molar-refractivity contribution < 1.29 is 0 Å². The molecule has 0 saturated carbocycles. The quantitative estimate of drug-likeness (QED) is 0.722. The molecule has 3 aromatic rings. The van der Waals surface area contributed by atoms with E-state index in [0.29, 0.717) is 5.92 Å². The molecule has 2 nitrogen and oxygen atoms in total. The summed E-state index contributed by atoms with van der Waals surface area (Å²) in [7, 11) is 1.93. The van der Waals surface area contributed by atoms with Crippen molar-refractivity contribution in [2.75, 3.05) is 12.4 Å². The molecule has 0 saturated heterocycles. The van der Waals surface area contributed by atoms with Gasteiger partial charge in [-0.25, -0.2) is 4.98 Å². The Morgan fingerprint density at radius 3 is 2.33 bits per heavy atom. The summed E-state index contributed by atoms with van der Waals surface area (Å²) in [5.74, 6) is 1.43. The van der Waals surface area contributed by atoms with Gasteiger partial charge in [-0.15, -0.1) is 0 Å². The number of nitrogens with one attached hydrogen (secondary N) is 1. The highest BCUT2D eigenvalue weighted by Crippen LogP contribution is 2.29. The third kappa shape index (κ3) is 2.62. The van der Waals surface area contributed by atoms with Crippen LogP contribution < -0.4 is 5.32 Å². The first-order valence-corrected chi connectivity index (χ1v) is 7.37. The number of benzene rings is 2. The molecule has 0 radical (unpaired) electrons. The number of hydrogen-bond acceptors (Lipinski definition) is 2. The van der Waals surface area contributed by atoms with Crippen LogP contribution in [-0.4, -0.2) is 12.0 Å². The van der Waals surface area contributed by atoms with E-state index >= 15 is 0 Å². The molecule has 0 spiro atoms. The van der Waals surface area contributed by atoms with E-state index in [2.05, 4.69) is 67.7 Å². The highest BCUT2D eigenvalue weighted by molar-refractivity contribution is 5.86. The molecule has 3 rings (SSSR count). The van der Waals surface area contributed by atoms with Gasteiger partial charge < -0.3 is 5.32 Å². The summed E-state index contributed by atoms with van der Waals surface area (Å²) in [6.45, 7) is 4.40. The van der Waals surface area contributed by atoms with E-state index in [4.69, 9.17) is 4.98 Å². The van der Waals surface area contributed by atoms with E-state index < -0.39 is 0 Å². The molecule has 1 heterocycles.